The first-order valence-corrected chi connectivity index (χ1v) is 21.9. The molecule has 0 fully saturated rings. The van der Waals surface area contributed by atoms with Crippen molar-refractivity contribution in [3.8, 4) is 62.7 Å². The average molecular weight is 826 g/mol. The summed E-state index contributed by atoms with van der Waals surface area (Å²) >= 11 is 0. The molecule has 0 saturated heterocycles. The predicted molar refractivity (Wildman–Crippen MR) is 277 cm³/mol. The first-order valence-electron chi connectivity index (χ1n) is 21.9. The third kappa shape index (κ3) is 5.95. The maximum Gasteiger partial charge on any atom is 0.164 e. The van der Waals surface area contributed by atoms with Crippen molar-refractivity contribution in [1.82, 2.24) is 24.1 Å². The van der Waals surface area contributed by atoms with Crippen LogP contribution in [-0.2, 0) is 0 Å². The topological polar surface area (TPSA) is 72.3 Å². The predicted octanol–water partition coefficient (Wildman–Crippen LogP) is 8.53. The molecule has 6 nitrogen and oxygen atoms in total. The standard InChI is InChI=1S/C56H37B3N6/c57-49-42(32-60)53(51(59)50(58)48(49)56-62-54(36-17-5-2-6-18-36)61-55(63-56)37-28-26-34(27-29-37)33-14-3-1-4-15-33)65-44-23-11-9-21-39(44)40-30-31-46-47(52(40)65)41-22-10-12-24-45(41)64(46)43-25-13-19-35-16-7-8-20-38(35)43/h1-31H,57-59H2. The Hall–Kier alpha value is -8.47. The van der Waals surface area contributed by atoms with Crippen molar-refractivity contribution in [2.24, 2.45) is 0 Å². The normalized spacial score (nSPS) is 11.6. The molecular formula is C56H37B3N6. The van der Waals surface area contributed by atoms with Gasteiger partial charge in [-0.2, -0.15) is 5.26 Å². The van der Waals surface area contributed by atoms with Gasteiger partial charge >= 0.3 is 0 Å². The number of para-hydroxylation sites is 2. The minimum atomic E-state index is 0.532. The zero-order valence-electron chi connectivity index (χ0n) is 36.1. The zero-order chi connectivity index (χ0) is 43.8. The Morgan fingerprint density at radius 3 is 1.65 bits per heavy atom. The summed E-state index contributed by atoms with van der Waals surface area (Å²) in [5.74, 6) is 1.67. The zero-order valence-corrected chi connectivity index (χ0v) is 36.1. The summed E-state index contributed by atoms with van der Waals surface area (Å²) in [6, 6.07) is 68.4. The van der Waals surface area contributed by atoms with Crippen molar-refractivity contribution in [1.29, 1.82) is 5.26 Å². The van der Waals surface area contributed by atoms with E-state index in [4.69, 9.17) is 15.0 Å². The lowest BCUT2D eigenvalue weighted by Gasteiger charge is -2.22. The number of benzene rings is 9. The molecule has 0 radical (unpaired) electrons. The van der Waals surface area contributed by atoms with E-state index in [-0.39, 0.29) is 0 Å². The minimum absolute atomic E-state index is 0.532. The van der Waals surface area contributed by atoms with Crippen LogP contribution in [0.2, 0.25) is 0 Å². The van der Waals surface area contributed by atoms with Gasteiger partial charge in [-0.25, -0.2) is 15.0 Å². The van der Waals surface area contributed by atoms with Gasteiger partial charge < -0.3 is 9.13 Å². The molecule has 0 unspecified atom stereocenters. The number of hydrogen-bond acceptors (Lipinski definition) is 4. The fraction of sp³-hybridized carbons (Fsp3) is 0. The molecule has 0 atom stereocenters. The van der Waals surface area contributed by atoms with E-state index in [9.17, 15) is 5.26 Å². The molecule has 0 amide bonds. The fourth-order valence-corrected chi connectivity index (χ4v) is 10.1. The van der Waals surface area contributed by atoms with Gasteiger partial charge in [0.15, 0.2) is 17.5 Å². The number of rotatable bonds is 6. The number of hydrogen-bond donors (Lipinski definition) is 0. The molecule has 0 saturated carbocycles. The van der Waals surface area contributed by atoms with Crippen molar-refractivity contribution in [3.63, 3.8) is 0 Å². The van der Waals surface area contributed by atoms with Gasteiger partial charge in [0.05, 0.1) is 39.0 Å². The molecule has 12 aromatic rings. The van der Waals surface area contributed by atoms with Crippen molar-refractivity contribution in [3.05, 3.63) is 194 Å². The second kappa shape index (κ2) is 15.1. The molecule has 0 spiro atoms. The molecule has 0 aliphatic rings. The molecule has 0 bridgehead atoms. The highest BCUT2D eigenvalue weighted by Crippen LogP contribution is 2.43. The smallest absolute Gasteiger partial charge is 0.164 e. The Labute approximate surface area is 378 Å². The quantitative estimate of drug-likeness (QED) is 0.158. The molecule has 65 heavy (non-hydrogen) atoms. The highest BCUT2D eigenvalue weighted by Gasteiger charge is 2.27. The average Bonchev–Trinajstić information content (AvgIpc) is 3.88. The molecular weight excluding hydrogens is 789 g/mol. The molecule has 0 N–H and O–H groups in total. The van der Waals surface area contributed by atoms with Crippen LogP contribution in [-0.4, -0.2) is 47.6 Å². The van der Waals surface area contributed by atoms with Crippen LogP contribution in [0, 0.1) is 11.3 Å². The lowest BCUT2D eigenvalue weighted by atomic mass is 9.69. The van der Waals surface area contributed by atoms with E-state index in [1.54, 1.807) is 0 Å². The lowest BCUT2D eigenvalue weighted by Crippen LogP contribution is -2.39. The minimum Gasteiger partial charge on any atom is -0.309 e. The third-order valence-electron chi connectivity index (χ3n) is 13.2. The summed E-state index contributed by atoms with van der Waals surface area (Å²) in [4.78, 5) is 15.5. The molecule has 9 heteroatoms. The lowest BCUT2D eigenvalue weighted by molar-refractivity contribution is 1.08. The number of fused-ring (bicyclic) bond motifs is 8. The number of aromatic nitrogens is 5. The van der Waals surface area contributed by atoms with Crippen molar-refractivity contribution < 1.29 is 0 Å². The summed E-state index contributed by atoms with van der Waals surface area (Å²) in [5, 5.41) is 18.3. The van der Waals surface area contributed by atoms with E-state index >= 15 is 0 Å². The van der Waals surface area contributed by atoms with Gasteiger partial charge in [0, 0.05) is 43.6 Å². The van der Waals surface area contributed by atoms with Gasteiger partial charge in [-0.15, -0.1) is 0 Å². The molecule has 0 aliphatic heterocycles. The Balaban J connectivity index is 1.12. The Morgan fingerprint density at radius 2 is 0.938 bits per heavy atom. The second-order valence-corrected chi connectivity index (χ2v) is 16.8. The number of nitriles is 1. The van der Waals surface area contributed by atoms with Crippen LogP contribution >= 0.6 is 0 Å². The Bertz CT molecular complexity index is 3920. The van der Waals surface area contributed by atoms with E-state index in [1.807, 2.05) is 44.2 Å². The van der Waals surface area contributed by atoms with Crippen LogP contribution in [0.15, 0.2) is 188 Å². The maximum absolute atomic E-state index is 11.4. The summed E-state index contributed by atoms with van der Waals surface area (Å²) < 4.78 is 4.76. The molecule has 3 heterocycles. The van der Waals surface area contributed by atoms with E-state index in [1.165, 1.54) is 10.8 Å². The second-order valence-electron chi connectivity index (χ2n) is 16.8. The van der Waals surface area contributed by atoms with Crippen LogP contribution in [0.1, 0.15) is 5.56 Å². The molecule has 0 aliphatic carbocycles. The number of nitrogens with zero attached hydrogens (tertiary/aromatic N) is 6. The fourth-order valence-electron chi connectivity index (χ4n) is 10.1. The van der Waals surface area contributed by atoms with Crippen LogP contribution in [0.4, 0.5) is 0 Å². The third-order valence-corrected chi connectivity index (χ3v) is 13.2. The summed E-state index contributed by atoms with van der Waals surface area (Å²) in [5.41, 5.74) is 14.6. The monoisotopic (exact) mass is 826 g/mol. The van der Waals surface area contributed by atoms with E-state index in [0.29, 0.717) is 23.0 Å². The van der Waals surface area contributed by atoms with Gasteiger partial charge in [-0.05, 0) is 40.8 Å². The van der Waals surface area contributed by atoms with Gasteiger partial charge in [0.1, 0.15) is 29.6 Å². The maximum atomic E-state index is 11.4. The molecule has 300 valence electrons. The highest BCUT2D eigenvalue weighted by molar-refractivity contribution is 6.56. The van der Waals surface area contributed by atoms with E-state index < -0.39 is 0 Å². The SMILES string of the molecule is Bc1c(B)c(-n2c3ccccc3c3ccc4c(c5ccccc5n4-c4cccc5ccccc45)c32)c(C#N)c(B)c1-c1nc(-c2ccccc2)nc(-c2ccc(-c3ccccc3)cc2)n1. The van der Waals surface area contributed by atoms with Gasteiger partial charge in [0.25, 0.3) is 0 Å². The van der Waals surface area contributed by atoms with Gasteiger partial charge in [-0.3, -0.25) is 0 Å². The molecule has 12 rings (SSSR count). The molecule has 3 aromatic heterocycles. The largest absolute Gasteiger partial charge is 0.309 e. The van der Waals surface area contributed by atoms with Crippen LogP contribution in [0.25, 0.3) is 111 Å². The van der Waals surface area contributed by atoms with Crippen molar-refractivity contribution >= 4 is 94.3 Å². The summed E-state index contributed by atoms with van der Waals surface area (Å²) in [6.07, 6.45) is 0. The Kier molecular flexibility index (Phi) is 8.89. The Morgan fingerprint density at radius 1 is 0.400 bits per heavy atom. The van der Waals surface area contributed by atoms with Crippen LogP contribution < -0.4 is 16.4 Å². The highest BCUT2D eigenvalue weighted by atomic mass is 15.0. The van der Waals surface area contributed by atoms with E-state index in [2.05, 4.69) is 183 Å². The summed E-state index contributed by atoms with van der Waals surface area (Å²) in [7, 11) is 6.32. The van der Waals surface area contributed by atoms with Gasteiger partial charge in [-0.1, -0.05) is 180 Å². The van der Waals surface area contributed by atoms with Crippen LogP contribution in [0.5, 0.6) is 0 Å². The first-order chi connectivity index (χ1) is 32.0. The van der Waals surface area contributed by atoms with Crippen molar-refractivity contribution in [2.75, 3.05) is 0 Å². The van der Waals surface area contributed by atoms with Gasteiger partial charge in [0.2, 0.25) is 0 Å². The van der Waals surface area contributed by atoms with Crippen LogP contribution in [0.3, 0.4) is 0 Å². The first kappa shape index (κ1) is 38.2. The molecule has 9 aromatic carbocycles. The van der Waals surface area contributed by atoms with E-state index in [0.717, 1.165) is 99.2 Å². The summed E-state index contributed by atoms with van der Waals surface area (Å²) in [6.45, 7) is 0. The van der Waals surface area contributed by atoms with Crippen molar-refractivity contribution in [2.45, 2.75) is 0 Å².